The van der Waals surface area contributed by atoms with Gasteiger partial charge in [0.25, 0.3) is 0 Å². The number of nitrogens with two attached hydrogens (primary N) is 1. The van der Waals surface area contributed by atoms with Gasteiger partial charge in [0.15, 0.2) is 15.5 Å². The fourth-order valence-corrected chi connectivity index (χ4v) is 5.33. The third-order valence-electron chi connectivity index (χ3n) is 6.29. The van der Waals surface area contributed by atoms with Gasteiger partial charge in [0.05, 0.1) is 11.9 Å². The minimum absolute atomic E-state index is 0.209. The van der Waals surface area contributed by atoms with Crippen LogP contribution in [-0.4, -0.2) is 41.4 Å². The molecule has 8 heteroatoms. The molecule has 0 saturated heterocycles. The number of fused-ring (bicyclic) bond motifs is 1. The first-order valence-corrected chi connectivity index (χ1v) is 11.9. The van der Waals surface area contributed by atoms with Crippen LogP contribution in [-0.2, 0) is 9.84 Å². The third kappa shape index (κ3) is 3.33. The Morgan fingerprint density at radius 3 is 2.44 bits per heavy atom. The predicted molar refractivity (Wildman–Crippen MR) is 104 cm³/mol. The van der Waals surface area contributed by atoms with Crippen LogP contribution in [0.4, 0.5) is 5.82 Å². The van der Waals surface area contributed by atoms with Crippen molar-refractivity contribution in [2.45, 2.75) is 67.8 Å². The van der Waals surface area contributed by atoms with E-state index in [1.807, 2.05) is 0 Å². The zero-order chi connectivity index (χ0) is 18.8. The third-order valence-corrected chi connectivity index (χ3v) is 7.37. The molecule has 0 bridgehead atoms. The molecule has 0 unspecified atom stereocenters. The highest BCUT2D eigenvalue weighted by molar-refractivity contribution is 7.90. The fourth-order valence-electron chi connectivity index (χ4n) is 4.63. The topological polar surface area (TPSA) is 102 Å². The average Bonchev–Trinajstić information content (AvgIpc) is 3.51. The number of hydrogen-bond acceptors (Lipinski definition) is 6. The molecular weight excluding hydrogens is 362 g/mol. The maximum absolute atomic E-state index is 12.3. The van der Waals surface area contributed by atoms with E-state index < -0.39 is 9.84 Å². The van der Waals surface area contributed by atoms with E-state index in [0.29, 0.717) is 29.4 Å². The molecule has 0 aromatic carbocycles. The molecule has 7 nitrogen and oxygen atoms in total. The molecule has 3 saturated carbocycles. The van der Waals surface area contributed by atoms with Crippen LogP contribution >= 0.6 is 0 Å². The van der Waals surface area contributed by atoms with Gasteiger partial charge in [-0.15, -0.1) is 0 Å². The van der Waals surface area contributed by atoms with Crippen LogP contribution in [0, 0.1) is 11.8 Å². The molecule has 2 aromatic heterocycles. The van der Waals surface area contributed by atoms with Crippen LogP contribution in [0.25, 0.3) is 5.65 Å². The van der Waals surface area contributed by atoms with Crippen LogP contribution < -0.4 is 11.1 Å². The SMILES string of the molecule is CS(=O)(=O)c1cnn2c(N[C@H]3CC[C@H](N)C3)cc(C(C3CC3)C3CC3)nc12. The maximum Gasteiger partial charge on any atom is 0.180 e. The van der Waals surface area contributed by atoms with Crippen molar-refractivity contribution in [3.8, 4) is 0 Å². The van der Waals surface area contributed by atoms with E-state index in [2.05, 4.69) is 16.5 Å². The van der Waals surface area contributed by atoms with Gasteiger partial charge in [0.1, 0.15) is 10.7 Å². The van der Waals surface area contributed by atoms with Crippen LogP contribution in [0.3, 0.4) is 0 Å². The number of sulfone groups is 1. The highest BCUT2D eigenvalue weighted by Crippen LogP contribution is 2.54. The smallest absolute Gasteiger partial charge is 0.180 e. The zero-order valence-corrected chi connectivity index (χ0v) is 16.5. The van der Waals surface area contributed by atoms with Crippen molar-refractivity contribution >= 4 is 21.3 Å². The molecule has 0 radical (unpaired) electrons. The second-order valence-corrected chi connectivity index (χ2v) is 10.7. The number of nitrogens with zero attached hydrogens (tertiary/aromatic N) is 3. The van der Waals surface area contributed by atoms with Crippen molar-refractivity contribution < 1.29 is 8.42 Å². The quantitative estimate of drug-likeness (QED) is 0.786. The molecule has 27 heavy (non-hydrogen) atoms. The number of nitrogens with one attached hydrogen (secondary N) is 1. The van der Waals surface area contributed by atoms with Gasteiger partial charge in [-0.2, -0.15) is 9.61 Å². The summed E-state index contributed by atoms with van der Waals surface area (Å²) < 4.78 is 26.2. The average molecular weight is 390 g/mol. The van der Waals surface area contributed by atoms with Gasteiger partial charge >= 0.3 is 0 Å². The van der Waals surface area contributed by atoms with E-state index in [9.17, 15) is 8.42 Å². The molecule has 2 heterocycles. The Morgan fingerprint density at radius 1 is 1.19 bits per heavy atom. The molecule has 2 atom stereocenters. The van der Waals surface area contributed by atoms with Crippen molar-refractivity contribution in [1.82, 2.24) is 14.6 Å². The summed E-state index contributed by atoms with van der Waals surface area (Å²) in [5.74, 6) is 2.69. The molecule has 0 aliphatic heterocycles. The molecule has 146 valence electrons. The van der Waals surface area contributed by atoms with Gasteiger partial charge in [-0.3, -0.25) is 0 Å². The van der Waals surface area contributed by atoms with E-state index >= 15 is 0 Å². The molecule has 2 aromatic rings. The van der Waals surface area contributed by atoms with E-state index in [1.54, 1.807) is 4.52 Å². The second kappa shape index (κ2) is 6.17. The standard InChI is InChI=1S/C19H27N5O2S/c1-27(25,26)16-10-21-24-17(22-14-7-6-13(20)8-14)9-15(23-19(16)24)18(11-2-3-11)12-4-5-12/h9-14,18,22H,2-8,20H2,1H3/t13-,14-/m0/s1. The van der Waals surface area contributed by atoms with E-state index in [4.69, 9.17) is 10.7 Å². The lowest BCUT2D eigenvalue weighted by atomic mass is 9.93. The first-order valence-electron chi connectivity index (χ1n) is 10.0. The van der Waals surface area contributed by atoms with Crippen LogP contribution in [0.15, 0.2) is 17.2 Å². The largest absolute Gasteiger partial charge is 0.367 e. The summed E-state index contributed by atoms with van der Waals surface area (Å²) in [6.45, 7) is 0. The normalized spacial score (nSPS) is 26.2. The van der Waals surface area contributed by atoms with Gasteiger partial charge in [0, 0.05) is 30.3 Å². The van der Waals surface area contributed by atoms with Crippen LogP contribution in [0.1, 0.15) is 56.6 Å². The van der Waals surface area contributed by atoms with Gasteiger partial charge in [-0.25, -0.2) is 13.4 Å². The summed E-state index contributed by atoms with van der Waals surface area (Å²) in [4.78, 5) is 5.04. The van der Waals surface area contributed by atoms with Gasteiger partial charge in [-0.05, 0) is 56.8 Å². The Bertz CT molecular complexity index is 965. The molecule has 3 aliphatic rings. The first kappa shape index (κ1) is 17.4. The molecular formula is C19H27N5O2S. The molecule has 0 amide bonds. The summed E-state index contributed by atoms with van der Waals surface area (Å²) in [5.41, 5.74) is 7.55. The van der Waals surface area contributed by atoms with Gasteiger partial charge < -0.3 is 11.1 Å². The van der Waals surface area contributed by atoms with Crippen LogP contribution in [0.2, 0.25) is 0 Å². The molecule has 5 rings (SSSR count). The summed E-state index contributed by atoms with van der Waals surface area (Å²) in [5, 5.41) is 7.93. The fraction of sp³-hybridized carbons (Fsp3) is 0.684. The summed E-state index contributed by atoms with van der Waals surface area (Å²) in [6.07, 6.45) is 10.6. The Kier molecular flexibility index (Phi) is 3.98. The highest BCUT2D eigenvalue weighted by atomic mass is 32.2. The Balaban J connectivity index is 1.61. The second-order valence-electron chi connectivity index (χ2n) is 8.70. The number of hydrogen-bond donors (Lipinski definition) is 2. The Hall–Kier alpha value is -1.67. The Morgan fingerprint density at radius 2 is 1.89 bits per heavy atom. The minimum Gasteiger partial charge on any atom is -0.367 e. The minimum atomic E-state index is -3.38. The van der Waals surface area contributed by atoms with Gasteiger partial charge in [-0.1, -0.05) is 0 Å². The highest BCUT2D eigenvalue weighted by Gasteiger charge is 2.43. The van der Waals surface area contributed by atoms with Crippen molar-refractivity contribution in [1.29, 1.82) is 0 Å². The van der Waals surface area contributed by atoms with Crippen molar-refractivity contribution in [2.24, 2.45) is 17.6 Å². The lowest BCUT2D eigenvalue weighted by molar-refractivity contribution is 0.524. The number of anilines is 1. The summed E-state index contributed by atoms with van der Waals surface area (Å²) in [6, 6.07) is 2.64. The lowest BCUT2D eigenvalue weighted by Gasteiger charge is -2.20. The Labute approximate surface area is 159 Å². The number of rotatable bonds is 6. The molecule has 3 aliphatic carbocycles. The molecule has 0 spiro atoms. The predicted octanol–water partition coefficient (Wildman–Crippen LogP) is 2.33. The van der Waals surface area contributed by atoms with Crippen molar-refractivity contribution in [3.63, 3.8) is 0 Å². The van der Waals surface area contributed by atoms with Crippen molar-refractivity contribution in [2.75, 3.05) is 11.6 Å². The van der Waals surface area contributed by atoms with Crippen LogP contribution in [0.5, 0.6) is 0 Å². The first-order chi connectivity index (χ1) is 12.9. The lowest BCUT2D eigenvalue weighted by Crippen LogP contribution is -2.22. The molecule has 3 N–H and O–H groups in total. The summed E-state index contributed by atoms with van der Waals surface area (Å²) >= 11 is 0. The van der Waals surface area contributed by atoms with E-state index in [1.165, 1.54) is 38.1 Å². The zero-order valence-electron chi connectivity index (χ0n) is 15.6. The van der Waals surface area contributed by atoms with Gasteiger partial charge in [0.2, 0.25) is 0 Å². The van der Waals surface area contributed by atoms with Crippen molar-refractivity contribution in [3.05, 3.63) is 18.0 Å². The van der Waals surface area contributed by atoms with E-state index in [0.717, 1.165) is 30.8 Å². The molecule has 3 fully saturated rings. The summed E-state index contributed by atoms with van der Waals surface area (Å²) in [7, 11) is -3.38. The van der Waals surface area contributed by atoms with E-state index in [-0.39, 0.29) is 10.9 Å². The maximum atomic E-state index is 12.3. The monoisotopic (exact) mass is 389 g/mol. The number of aromatic nitrogens is 3.